The first-order valence-electron chi connectivity index (χ1n) is 17.4. The molecule has 1 aromatic heterocycles. The van der Waals surface area contributed by atoms with Crippen LogP contribution in [0.2, 0.25) is 0 Å². The van der Waals surface area contributed by atoms with Crippen LogP contribution in [0, 0.1) is 0 Å². The van der Waals surface area contributed by atoms with Crippen molar-refractivity contribution >= 4 is 68.4 Å². The lowest BCUT2D eigenvalue weighted by Crippen LogP contribution is -2.54. The van der Waals surface area contributed by atoms with Gasteiger partial charge in [0.05, 0.1) is 5.66 Å². The molecule has 10 rings (SSSR count). The number of para-hydroxylation sites is 4. The molecule has 0 radical (unpaired) electrons. The second-order valence-electron chi connectivity index (χ2n) is 13.5. The first kappa shape index (κ1) is 27.6. The SMILES string of the molecule is c1ccc(N(c2ccccc2)c2ccc3c(c2)N(c2ccccc2)c2cc(C4CCCCC4)cc4c2B3c2oc3ccccc3c2-4)cc1. The van der Waals surface area contributed by atoms with Gasteiger partial charge >= 0.3 is 0 Å². The van der Waals surface area contributed by atoms with Gasteiger partial charge in [-0.3, -0.25) is 0 Å². The van der Waals surface area contributed by atoms with Crippen LogP contribution in [0.1, 0.15) is 43.6 Å². The third-order valence-corrected chi connectivity index (χ3v) is 10.8. The van der Waals surface area contributed by atoms with Crippen LogP contribution >= 0.6 is 0 Å². The van der Waals surface area contributed by atoms with Crippen LogP contribution in [-0.2, 0) is 0 Å². The average Bonchev–Trinajstić information content (AvgIpc) is 3.69. The Labute approximate surface area is 282 Å². The fraction of sp³-hybridized carbons (Fsp3) is 0.136. The van der Waals surface area contributed by atoms with E-state index in [1.54, 1.807) is 0 Å². The largest absolute Gasteiger partial charge is 0.470 e. The van der Waals surface area contributed by atoms with Crippen molar-refractivity contribution in [2.45, 2.75) is 38.0 Å². The van der Waals surface area contributed by atoms with Crippen molar-refractivity contribution in [3.05, 3.63) is 151 Å². The van der Waals surface area contributed by atoms with E-state index in [9.17, 15) is 0 Å². The number of furan rings is 1. The molecule has 0 amide bonds. The van der Waals surface area contributed by atoms with Crippen LogP contribution in [0.5, 0.6) is 0 Å². The van der Waals surface area contributed by atoms with Gasteiger partial charge in [0.1, 0.15) is 5.58 Å². The van der Waals surface area contributed by atoms with Crippen molar-refractivity contribution in [2.75, 3.05) is 9.80 Å². The zero-order chi connectivity index (χ0) is 31.6. The summed E-state index contributed by atoms with van der Waals surface area (Å²) in [5.74, 6) is 0.581. The molecular weight excluding hydrogens is 583 g/mol. The van der Waals surface area contributed by atoms with Gasteiger partial charge in [-0.1, -0.05) is 104 Å². The maximum Gasteiger partial charge on any atom is 0.293 e. The third-order valence-electron chi connectivity index (χ3n) is 10.8. The minimum Gasteiger partial charge on any atom is -0.470 e. The van der Waals surface area contributed by atoms with Gasteiger partial charge in [-0.15, -0.1) is 0 Å². The van der Waals surface area contributed by atoms with E-state index in [0.29, 0.717) is 5.92 Å². The first-order chi connectivity index (χ1) is 23.8. The minimum atomic E-state index is 0.0312. The van der Waals surface area contributed by atoms with Gasteiger partial charge in [0, 0.05) is 45.1 Å². The molecule has 2 aliphatic heterocycles. The summed E-state index contributed by atoms with van der Waals surface area (Å²) in [6, 6.07) is 53.1. The number of nitrogens with zero attached hydrogens (tertiary/aromatic N) is 2. The second-order valence-corrected chi connectivity index (χ2v) is 13.5. The summed E-state index contributed by atoms with van der Waals surface area (Å²) in [5.41, 5.74) is 15.9. The van der Waals surface area contributed by atoms with E-state index in [1.807, 2.05) is 0 Å². The quantitative estimate of drug-likeness (QED) is 0.179. The molecule has 48 heavy (non-hydrogen) atoms. The van der Waals surface area contributed by atoms with Crippen LogP contribution in [0.3, 0.4) is 0 Å². The lowest BCUT2D eigenvalue weighted by atomic mass is 9.39. The molecule has 0 bridgehead atoms. The van der Waals surface area contributed by atoms with Gasteiger partial charge in [-0.25, -0.2) is 0 Å². The van der Waals surface area contributed by atoms with Crippen molar-refractivity contribution < 1.29 is 4.42 Å². The van der Waals surface area contributed by atoms with Gasteiger partial charge in [0.15, 0.2) is 0 Å². The Morgan fingerprint density at radius 2 is 1.27 bits per heavy atom. The van der Waals surface area contributed by atoms with Crippen molar-refractivity contribution in [3.63, 3.8) is 0 Å². The molecular formula is C44H35BN2O. The zero-order valence-corrected chi connectivity index (χ0v) is 26.8. The van der Waals surface area contributed by atoms with Gasteiger partial charge < -0.3 is 14.2 Å². The lowest BCUT2D eigenvalue weighted by Gasteiger charge is -2.37. The molecule has 1 aliphatic carbocycles. The normalized spacial score (nSPS) is 14.9. The molecule has 0 N–H and O–H groups in total. The van der Waals surface area contributed by atoms with Gasteiger partial charge in [-0.05, 0) is 101 Å². The maximum absolute atomic E-state index is 6.86. The van der Waals surface area contributed by atoms with Crippen LogP contribution in [0.25, 0.3) is 22.1 Å². The molecule has 6 aromatic carbocycles. The van der Waals surface area contributed by atoms with Crippen LogP contribution in [0.4, 0.5) is 34.1 Å². The number of anilines is 6. The molecule has 0 atom stereocenters. The molecule has 0 spiro atoms. The Balaban J connectivity index is 1.26. The summed E-state index contributed by atoms with van der Waals surface area (Å²) < 4.78 is 6.86. The van der Waals surface area contributed by atoms with Crippen molar-refractivity contribution in [1.82, 2.24) is 0 Å². The molecule has 0 unspecified atom stereocenters. The Hall–Kier alpha value is -5.48. The molecule has 0 saturated heterocycles. The fourth-order valence-electron chi connectivity index (χ4n) is 8.70. The summed E-state index contributed by atoms with van der Waals surface area (Å²) >= 11 is 0. The van der Waals surface area contributed by atoms with E-state index in [-0.39, 0.29) is 6.71 Å². The Morgan fingerprint density at radius 1 is 0.604 bits per heavy atom. The van der Waals surface area contributed by atoms with E-state index >= 15 is 0 Å². The van der Waals surface area contributed by atoms with Gasteiger partial charge in [0.2, 0.25) is 0 Å². The number of benzene rings is 6. The lowest BCUT2D eigenvalue weighted by molar-refractivity contribution is 0.444. The molecule has 3 nitrogen and oxygen atoms in total. The van der Waals surface area contributed by atoms with Crippen molar-refractivity contribution in [2.24, 2.45) is 0 Å². The molecule has 230 valence electrons. The predicted molar refractivity (Wildman–Crippen MR) is 201 cm³/mol. The van der Waals surface area contributed by atoms with Crippen LogP contribution < -0.4 is 26.4 Å². The predicted octanol–water partition coefficient (Wildman–Crippen LogP) is 10.2. The number of rotatable bonds is 5. The summed E-state index contributed by atoms with van der Waals surface area (Å²) in [6.07, 6.45) is 6.48. The van der Waals surface area contributed by atoms with Crippen LogP contribution in [0.15, 0.2) is 150 Å². The van der Waals surface area contributed by atoms with E-state index in [4.69, 9.17) is 4.42 Å². The van der Waals surface area contributed by atoms with Crippen molar-refractivity contribution in [1.29, 1.82) is 0 Å². The molecule has 1 fully saturated rings. The second kappa shape index (κ2) is 11.1. The topological polar surface area (TPSA) is 19.6 Å². The van der Waals surface area contributed by atoms with E-state index < -0.39 is 0 Å². The molecule has 1 saturated carbocycles. The fourth-order valence-corrected chi connectivity index (χ4v) is 8.70. The highest BCUT2D eigenvalue weighted by atomic mass is 16.3. The van der Waals surface area contributed by atoms with E-state index in [2.05, 4.69) is 155 Å². The third kappa shape index (κ3) is 4.22. The summed E-state index contributed by atoms with van der Waals surface area (Å²) in [6.45, 7) is 0.0312. The molecule has 7 aromatic rings. The number of hydrogen-bond acceptors (Lipinski definition) is 3. The average molecular weight is 619 g/mol. The maximum atomic E-state index is 6.86. The molecule has 4 heteroatoms. The Bertz CT molecular complexity index is 2250. The summed E-state index contributed by atoms with van der Waals surface area (Å²) in [4.78, 5) is 4.90. The highest BCUT2D eigenvalue weighted by Crippen LogP contribution is 2.47. The van der Waals surface area contributed by atoms with Gasteiger partial charge in [0.25, 0.3) is 6.71 Å². The number of fused-ring (bicyclic) bond motifs is 7. The molecule has 3 aliphatic rings. The highest BCUT2D eigenvalue weighted by Gasteiger charge is 2.46. The monoisotopic (exact) mass is 618 g/mol. The summed E-state index contributed by atoms with van der Waals surface area (Å²) in [7, 11) is 0. The van der Waals surface area contributed by atoms with Crippen LogP contribution in [-0.4, -0.2) is 6.71 Å². The van der Waals surface area contributed by atoms with Crippen molar-refractivity contribution in [3.8, 4) is 11.1 Å². The molecule has 3 heterocycles. The highest BCUT2D eigenvalue weighted by molar-refractivity contribution is 7.01. The van der Waals surface area contributed by atoms with Gasteiger partial charge in [-0.2, -0.15) is 0 Å². The smallest absolute Gasteiger partial charge is 0.293 e. The Kier molecular flexibility index (Phi) is 6.36. The standard InChI is InChI=1S/C44H35BN2O/c1-5-15-30(16-6-1)31-27-37-42-36-23-13-14-24-41(36)48-44(42)45-38-26-25-35(46(32-17-7-2-8-18-32)33-19-9-3-10-20-33)29-39(38)47(40(28-31)43(37)45)34-21-11-4-12-22-34/h2-4,7-14,17-30H,1,5-6,15-16H2. The zero-order valence-electron chi connectivity index (χ0n) is 26.8. The van der Waals surface area contributed by atoms with E-state index in [1.165, 1.54) is 82.2 Å². The summed E-state index contributed by atoms with van der Waals surface area (Å²) in [5, 5.41) is 1.22. The Morgan fingerprint density at radius 3 is 2.00 bits per heavy atom. The minimum absolute atomic E-state index is 0.0312. The number of hydrogen-bond donors (Lipinski definition) is 0. The first-order valence-corrected chi connectivity index (χ1v) is 17.4. The van der Waals surface area contributed by atoms with E-state index in [0.717, 1.165) is 28.3 Å².